The Morgan fingerprint density at radius 1 is 1.46 bits per heavy atom. The van der Waals surface area contributed by atoms with E-state index in [4.69, 9.17) is 5.26 Å². The first-order chi connectivity index (χ1) is 6.31. The number of nitriles is 1. The van der Waals surface area contributed by atoms with Crippen LogP contribution in [0.1, 0.15) is 20.8 Å². The molecule has 0 aliphatic rings. The monoisotopic (exact) mass is 195 g/mol. The van der Waals surface area contributed by atoms with Gasteiger partial charge in [-0.1, -0.05) is 50.3 Å². The predicted molar refractivity (Wildman–Crippen MR) is 62.5 cm³/mol. The second-order valence-electron chi connectivity index (χ2n) is 2.01. The molecule has 0 unspecified atom stereocenters. The lowest BCUT2D eigenvalue weighted by molar-refractivity contribution is 1.41. The van der Waals surface area contributed by atoms with Crippen molar-refractivity contribution in [3.8, 4) is 5.40 Å². The standard InChI is InChI=1S/C9H11NS.C2H6/c1-3-4-5-6-9(2)7-11-8-10;1-2/h3-6H,1,7H2,2H3;1-2H3/b5-4-,9-6+;. The predicted octanol–water partition coefficient (Wildman–Crippen LogP) is 3.92. The number of nitrogens with zero attached hydrogens (tertiary/aromatic N) is 1. The van der Waals surface area contributed by atoms with Gasteiger partial charge in [0.05, 0.1) is 0 Å². The Morgan fingerprint density at radius 3 is 2.54 bits per heavy atom. The van der Waals surface area contributed by atoms with E-state index >= 15 is 0 Å². The van der Waals surface area contributed by atoms with Crippen molar-refractivity contribution in [2.24, 2.45) is 0 Å². The van der Waals surface area contributed by atoms with Gasteiger partial charge >= 0.3 is 0 Å². The Bertz CT molecular complexity index is 209. The Labute approximate surface area is 85.8 Å². The van der Waals surface area contributed by atoms with Gasteiger partial charge in [-0.15, -0.1) is 0 Å². The molecule has 0 aromatic rings. The lowest BCUT2D eigenvalue weighted by Gasteiger charge is -1.90. The highest BCUT2D eigenvalue weighted by molar-refractivity contribution is 8.03. The van der Waals surface area contributed by atoms with E-state index in [0.29, 0.717) is 0 Å². The van der Waals surface area contributed by atoms with Crippen LogP contribution in [0.15, 0.2) is 36.5 Å². The zero-order chi connectivity index (χ0) is 10.5. The van der Waals surface area contributed by atoms with E-state index in [1.165, 1.54) is 17.3 Å². The second kappa shape index (κ2) is 13.6. The van der Waals surface area contributed by atoms with Crippen molar-refractivity contribution in [1.82, 2.24) is 0 Å². The van der Waals surface area contributed by atoms with E-state index in [0.717, 1.165) is 5.75 Å². The van der Waals surface area contributed by atoms with Crippen molar-refractivity contribution in [3.05, 3.63) is 36.5 Å². The second-order valence-corrected chi connectivity index (χ2v) is 2.77. The van der Waals surface area contributed by atoms with Crippen molar-refractivity contribution >= 4 is 11.8 Å². The lowest BCUT2D eigenvalue weighted by Crippen LogP contribution is -1.76. The SMILES string of the molecule is C=C/C=C\C=C(/C)CSC#N.CC. The van der Waals surface area contributed by atoms with Crippen molar-refractivity contribution in [3.63, 3.8) is 0 Å². The topological polar surface area (TPSA) is 23.8 Å². The van der Waals surface area contributed by atoms with Gasteiger partial charge in [0, 0.05) is 5.75 Å². The molecule has 0 heterocycles. The van der Waals surface area contributed by atoms with Crippen LogP contribution in [0.2, 0.25) is 0 Å². The number of thioether (sulfide) groups is 1. The first-order valence-corrected chi connectivity index (χ1v) is 5.25. The highest BCUT2D eigenvalue weighted by atomic mass is 32.2. The molecule has 0 aromatic heterocycles. The zero-order valence-corrected chi connectivity index (χ0v) is 9.40. The first-order valence-electron chi connectivity index (χ1n) is 4.27. The van der Waals surface area contributed by atoms with Crippen LogP contribution >= 0.6 is 11.8 Å². The van der Waals surface area contributed by atoms with Gasteiger partial charge in [-0.3, -0.25) is 0 Å². The molecule has 0 saturated carbocycles. The summed E-state index contributed by atoms with van der Waals surface area (Å²) >= 11 is 1.25. The minimum Gasteiger partial charge on any atom is -0.185 e. The van der Waals surface area contributed by atoms with E-state index in [2.05, 4.69) is 6.58 Å². The smallest absolute Gasteiger partial charge is 0.133 e. The average molecular weight is 195 g/mol. The van der Waals surface area contributed by atoms with Crippen molar-refractivity contribution in [2.75, 3.05) is 5.75 Å². The molecule has 0 N–H and O–H groups in total. The fourth-order valence-electron chi connectivity index (χ4n) is 0.493. The summed E-state index contributed by atoms with van der Waals surface area (Å²) in [6, 6.07) is 0. The third-order valence-corrected chi connectivity index (χ3v) is 1.72. The maximum absolute atomic E-state index is 8.24. The van der Waals surface area contributed by atoms with Crippen LogP contribution in [-0.4, -0.2) is 5.75 Å². The first kappa shape index (κ1) is 14.6. The Kier molecular flexibility index (Phi) is 15.3. The van der Waals surface area contributed by atoms with E-state index in [-0.39, 0.29) is 0 Å². The van der Waals surface area contributed by atoms with Crippen LogP contribution in [-0.2, 0) is 0 Å². The molecule has 0 aliphatic heterocycles. The van der Waals surface area contributed by atoms with Gasteiger partial charge in [-0.25, -0.2) is 0 Å². The van der Waals surface area contributed by atoms with Gasteiger partial charge in [0.2, 0.25) is 0 Å². The third-order valence-electron chi connectivity index (χ3n) is 0.992. The molecular formula is C11H17NS. The van der Waals surface area contributed by atoms with E-state index < -0.39 is 0 Å². The fraction of sp³-hybridized carbons (Fsp3) is 0.364. The third kappa shape index (κ3) is 14.0. The van der Waals surface area contributed by atoms with E-state index in [9.17, 15) is 0 Å². The van der Waals surface area contributed by atoms with E-state index in [1.54, 1.807) is 6.08 Å². The molecule has 0 radical (unpaired) electrons. The summed E-state index contributed by atoms with van der Waals surface area (Å²) in [6.07, 6.45) is 7.48. The molecule has 0 rings (SSSR count). The largest absolute Gasteiger partial charge is 0.185 e. The highest BCUT2D eigenvalue weighted by Crippen LogP contribution is 2.04. The van der Waals surface area contributed by atoms with Crippen molar-refractivity contribution < 1.29 is 0 Å². The zero-order valence-electron chi connectivity index (χ0n) is 8.58. The minimum atomic E-state index is 0.776. The van der Waals surface area contributed by atoms with Gasteiger partial charge < -0.3 is 0 Å². The van der Waals surface area contributed by atoms with E-state index in [1.807, 2.05) is 44.4 Å². The maximum atomic E-state index is 8.24. The van der Waals surface area contributed by atoms with Gasteiger partial charge in [0.25, 0.3) is 0 Å². The molecule has 0 spiro atoms. The summed E-state index contributed by atoms with van der Waals surface area (Å²) in [6.45, 7) is 9.54. The van der Waals surface area contributed by atoms with Gasteiger partial charge in [0.1, 0.15) is 5.40 Å². The molecule has 0 amide bonds. The van der Waals surface area contributed by atoms with Crippen molar-refractivity contribution in [2.45, 2.75) is 20.8 Å². The minimum absolute atomic E-state index is 0.776. The molecule has 2 heteroatoms. The molecule has 72 valence electrons. The number of hydrogen-bond donors (Lipinski definition) is 0. The maximum Gasteiger partial charge on any atom is 0.133 e. The van der Waals surface area contributed by atoms with Crippen LogP contribution in [0, 0.1) is 10.7 Å². The Balaban J connectivity index is 0. The van der Waals surface area contributed by atoms with Crippen LogP contribution in [0.3, 0.4) is 0 Å². The molecule has 0 saturated heterocycles. The molecule has 1 nitrogen and oxygen atoms in total. The van der Waals surface area contributed by atoms with Crippen molar-refractivity contribution in [1.29, 1.82) is 5.26 Å². The summed E-state index contributed by atoms with van der Waals surface area (Å²) in [4.78, 5) is 0. The van der Waals surface area contributed by atoms with Gasteiger partial charge in [-0.05, 0) is 18.7 Å². The Morgan fingerprint density at radius 2 is 2.08 bits per heavy atom. The Hall–Kier alpha value is -0.940. The fourth-order valence-corrected chi connectivity index (χ4v) is 0.881. The summed E-state index contributed by atoms with van der Waals surface area (Å²) in [5.41, 5.74) is 1.19. The molecule has 13 heavy (non-hydrogen) atoms. The normalized spacial score (nSPS) is 10.2. The van der Waals surface area contributed by atoms with Crippen LogP contribution < -0.4 is 0 Å². The summed E-state index contributed by atoms with van der Waals surface area (Å²) in [7, 11) is 0. The van der Waals surface area contributed by atoms with Gasteiger partial charge in [0.15, 0.2) is 0 Å². The number of hydrogen-bond acceptors (Lipinski definition) is 2. The lowest BCUT2D eigenvalue weighted by atomic mass is 10.3. The van der Waals surface area contributed by atoms with Crippen LogP contribution in [0.4, 0.5) is 0 Å². The average Bonchev–Trinajstić information content (AvgIpc) is 2.18. The summed E-state index contributed by atoms with van der Waals surface area (Å²) < 4.78 is 0. The molecular weight excluding hydrogens is 178 g/mol. The van der Waals surface area contributed by atoms with Gasteiger partial charge in [-0.2, -0.15) is 5.26 Å². The molecule has 0 atom stereocenters. The number of rotatable bonds is 4. The summed E-state index contributed by atoms with van der Waals surface area (Å²) in [5, 5.41) is 10.3. The molecule has 0 aromatic carbocycles. The quantitative estimate of drug-likeness (QED) is 0.501. The van der Waals surface area contributed by atoms with Crippen LogP contribution in [0.25, 0.3) is 0 Å². The summed E-state index contributed by atoms with van der Waals surface area (Å²) in [5.74, 6) is 0.776. The molecule has 0 fully saturated rings. The molecule has 0 bridgehead atoms. The number of allylic oxidation sites excluding steroid dienone is 4. The van der Waals surface area contributed by atoms with Crippen LogP contribution in [0.5, 0.6) is 0 Å². The molecule has 0 aliphatic carbocycles. The highest BCUT2D eigenvalue weighted by Gasteiger charge is 1.85. The number of thiocyanates is 1.